The maximum Gasteiger partial charge on any atom is 0.254 e. The number of rotatable bonds is 3. The van der Waals surface area contributed by atoms with Crippen LogP contribution in [0.15, 0.2) is 34.8 Å². The number of nitrogens with zero attached hydrogens (tertiary/aromatic N) is 1. The Kier molecular flexibility index (Phi) is 3.57. The van der Waals surface area contributed by atoms with E-state index in [0.717, 1.165) is 31.4 Å². The smallest absolute Gasteiger partial charge is 0.254 e. The fourth-order valence-electron chi connectivity index (χ4n) is 3.43. The lowest BCUT2D eigenvalue weighted by Gasteiger charge is -2.46. The van der Waals surface area contributed by atoms with Gasteiger partial charge in [0.25, 0.3) is 5.91 Å². The minimum Gasteiger partial charge on any atom is -0.472 e. The first kappa shape index (κ1) is 13.9. The van der Waals surface area contributed by atoms with Crippen molar-refractivity contribution in [2.75, 3.05) is 13.6 Å². The molecule has 21 heavy (non-hydrogen) atoms. The molecule has 3 rings (SSSR count). The minimum absolute atomic E-state index is 0.0969. The molecule has 1 fully saturated rings. The van der Waals surface area contributed by atoms with Gasteiger partial charge in [-0.1, -0.05) is 6.08 Å². The standard InChI is InChI=1S/C16H20N2O3/c1-18-13-4-2-3-7-16(13,8-5-14(18)19)11-17-15(20)12-6-9-21-10-12/h4,6,9-10H,2-3,5,7-8,11H2,1H3,(H,17,20). The van der Waals surface area contributed by atoms with Crippen LogP contribution >= 0.6 is 0 Å². The molecule has 112 valence electrons. The Morgan fingerprint density at radius 2 is 2.33 bits per heavy atom. The summed E-state index contributed by atoms with van der Waals surface area (Å²) in [6.07, 6.45) is 9.58. The summed E-state index contributed by atoms with van der Waals surface area (Å²) in [7, 11) is 1.84. The molecule has 0 radical (unpaired) electrons. The Labute approximate surface area is 124 Å². The predicted octanol–water partition coefficient (Wildman–Crippen LogP) is 2.32. The molecular formula is C16H20N2O3. The molecule has 1 atom stereocenters. The number of likely N-dealkylation sites (tertiary alicyclic amines) is 1. The van der Waals surface area contributed by atoms with Crippen molar-refractivity contribution in [1.29, 1.82) is 0 Å². The van der Waals surface area contributed by atoms with Crippen molar-refractivity contribution in [3.8, 4) is 0 Å². The van der Waals surface area contributed by atoms with Crippen LogP contribution in [0.4, 0.5) is 0 Å². The summed E-state index contributed by atoms with van der Waals surface area (Å²) in [4.78, 5) is 25.8. The second kappa shape index (κ2) is 5.39. The first-order chi connectivity index (χ1) is 10.1. The molecule has 1 N–H and O–H groups in total. The molecule has 1 saturated heterocycles. The second-order valence-electron chi connectivity index (χ2n) is 5.91. The third kappa shape index (κ3) is 2.48. The maximum absolute atomic E-state index is 12.1. The average molecular weight is 288 g/mol. The molecule has 0 saturated carbocycles. The lowest BCUT2D eigenvalue weighted by atomic mass is 9.70. The van der Waals surface area contributed by atoms with Crippen molar-refractivity contribution in [1.82, 2.24) is 10.2 Å². The molecule has 1 aliphatic heterocycles. The summed E-state index contributed by atoms with van der Waals surface area (Å²) < 4.78 is 4.94. The van der Waals surface area contributed by atoms with Gasteiger partial charge in [-0.05, 0) is 31.7 Å². The quantitative estimate of drug-likeness (QED) is 0.928. The number of hydrogen-bond donors (Lipinski definition) is 1. The van der Waals surface area contributed by atoms with E-state index in [2.05, 4.69) is 11.4 Å². The van der Waals surface area contributed by atoms with Crippen molar-refractivity contribution >= 4 is 11.8 Å². The van der Waals surface area contributed by atoms with Crippen LogP contribution in [0, 0.1) is 5.41 Å². The average Bonchev–Trinajstić information content (AvgIpc) is 3.04. The molecule has 1 aliphatic carbocycles. The molecule has 2 heterocycles. The predicted molar refractivity (Wildman–Crippen MR) is 77.4 cm³/mol. The van der Waals surface area contributed by atoms with Crippen molar-refractivity contribution < 1.29 is 14.0 Å². The number of furan rings is 1. The summed E-state index contributed by atoms with van der Waals surface area (Å²) in [5, 5.41) is 3.00. The summed E-state index contributed by atoms with van der Waals surface area (Å²) in [6.45, 7) is 0.570. The second-order valence-corrected chi connectivity index (χ2v) is 5.91. The van der Waals surface area contributed by atoms with E-state index >= 15 is 0 Å². The van der Waals surface area contributed by atoms with Crippen molar-refractivity contribution in [3.63, 3.8) is 0 Å². The fraction of sp³-hybridized carbons (Fsp3) is 0.500. The third-order valence-corrected chi connectivity index (χ3v) is 4.66. The highest BCUT2D eigenvalue weighted by Gasteiger charge is 2.43. The minimum atomic E-state index is -0.123. The Balaban J connectivity index is 1.76. The van der Waals surface area contributed by atoms with E-state index in [1.54, 1.807) is 11.0 Å². The van der Waals surface area contributed by atoms with Gasteiger partial charge in [0, 0.05) is 31.1 Å². The van der Waals surface area contributed by atoms with Crippen LogP contribution in [0.5, 0.6) is 0 Å². The van der Waals surface area contributed by atoms with Crippen LogP contribution in [-0.4, -0.2) is 30.3 Å². The van der Waals surface area contributed by atoms with Gasteiger partial charge in [-0.25, -0.2) is 0 Å². The Bertz CT molecular complexity index is 576. The molecule has 5 nitrogen and oxygen atoms in total. The van der Waals surface area contributed by atoms with Crippen LogP contribution in [0.25, 0.3) is 0 Å². The van der Waals surface area contributed by atoms with Crippen LogP contribution in [0.1, 0.15) is 42.5 Å². The number of hydrogen-bond acceptors (Lipinski definition) is 3. The van der Waals surface area contributed by atoms with Crippen molar-refractivity contribution in [2.24, 2.45) is 5.41 Å². The number of amides is 2. The van der Waals surface area contributed by atoms with E-state index in [9.17, 15) is 9.59 Å². The Morgan fingerprint density at radius 1 is 1.48 bits per heavy atom. The van der Waals surface area contributed by atoms with Crippen molar-refractivity contribution in [3.05, 3.63) is 35.9 Å². The first-order valence-electron chi connectivity index (χ1n) is 7.40. The highest BCUT2D eigenvalue weighted by atomic mass is 16.3. The lowest BCUT2D eigenvalue weighted by Crippen LogP contribution is -2.49. The van der Waals surface area contributed by atoms with E-state index in [0.29, 0.717) is 18.5 Å². The number of piperidine rings is 1. The van der Waals surface area contributed by atoms with Gasteiger partial charge < -0.3 is 14.6 Å². The van der Waals surface area contributed by atoms with Crippen LogP contribution in [0.2, 0.25) is 0 Å². The molecule has 2 aliphatic rings. The van der Waals surface area contributed by atoms with Gasteiger partial charge in [0.05, 0.1) is 11.8 Å². The van der Waals surface area contributed by atoms with Gasteiger partial charge in [-0.15, -0.1) is 0 Å². The lowest BCUT2D eigenvalue weighted by molar-refractivity contribution is -0.132. The van der Waals surface area contributed by atoms with E-state index < -0.39 is 0 Å². The zero-order valence-corrected chi connectivity index (χ0v) is 12.2. The molecule has 1 unspecified atom stereocenters. The molecule has 5 heteroatoms. The number of fused-ring (bicyclic) bond motifs is 1. The summed E-state index contributed by atoms with van der Waals surface area (Å²) in [6, 6.07) is 1.65. The highest BCUT2D eigenvalue weighted by Crippen LogP contribution is 2.45. The van der Waals surface area contributed by atoms with E-state index in [4.69, 9.17) is 4.42 Å². The van der Waals surface area contributed by atoms with Gasteiger partial charge in [0.1, 0.15) is 6.26 Å². The molecule has 2 amide bonds. The molecular weight excluding hydrogens is 268 g/mol. The monoisotopic (exact) mass is 288 g/mol. The largest absolute Gasteiger partial charge is 0.472 e. The Morgan fingerprint density at radius 3 is 3.10 bits per heavy atom. The number of carbonyl (C=O) groups excluding carboxylic acids is 2. The number of nitrogens with one attached hydrogen (secondary N) is 1. The molecule has 1 aromatic heterocycles. The Hall–Kier alpha value is -2.04. The summed E-state index contributed by atoms with van der Waals surface area (Å²) in [5.41, 5.74) is 1.52. The molecule has 0 aromatic carbocycles. The topological polar surface area (TPSA) is 62.6 Å². The summed E-state index contributed by atoms with van der Waals surface area (Å²) in [5.74, 6) is 0.0440. The zero-order valence-electron chi connectivity index (χ0n) is 12.2. The first-order valence-corrected chi connectivity index (χ1v) is 7.40. The van der Waals surface area contributed by atoms with Crippen LogP contribution < -0.4 is 5.32 Å². The normalized spacial score (nSPS) is 25.3. The van der Waals surface area contributed by atoms with Gasteiger partial charge in [-0.2, -0.15) is 0 Å². The third-order valence-electron chi connectivity index (χ3n) is 4.66. The SMILES string of the molecule is CN1C(=O)CCC2(CNC(=O)c3ccoc3)CCCC=C12. The maximum atomic E-state index is 12.1. The van der Waals surface area contributed by atoms with E-state index in [-0.39, 0.29) is 17.2 Å². The van der Waals surface area contributed by atoms with E-state index in [1.807, 2.05) is 7.05 Å². The van der Waals surface area contributed by atoms with Gasteiger partial charge in [-0.3, -0.25) is 9.59 Å². The zero-order chi connectivity index (χ0) is 14.9. The molecule has 0 bridgehead atoms. The van der Waals surface area contributed by atoms with E-state index in [1.165, 1.54) is 12.5 Å². The van der Waals surface area contributed by atoms with Crippen LogP contribution in [-0.2, 0) is 4.79 Å². The van der Waals surface area contributed by atoms with Gasteiger partial charge in [0.2, 0.25) is 5.91 Å². The van der Waals surface area contributed by atoms with Crippen molar-refractivity contribution in [2.45, 2.75) is 32.1 Å². The highest BCUT2D eigenvalue weighted by molar-refractivity contribution is 5.93. The van der Waals surface area contributed by atoms with Crippen LogP contribution in [0.3, 0.4) is 0 Å². The molecule has 0 spiro atoms. The number of carbonyl (C=O) groups is 2. The number of allylic oxidation sites excluding steroid dienone is 1. The van der Waals surface area contributed by atoms with Gasteiger partial charge >= 0.3 is 0 Å². The summed E-state index contributed by atoms with van der Waals surface area (Å²) >= 11 is 0. The molecule has 1 aromatic rings. The van der Waals surface area contributed by atoms with Gasteiger partial charge in [0.15, 0.2) is 0 Å². The fourth-order valence-corrected chi connectivity index (χ4v) is 3.43.